The van der Waals surface area contributed by atoms with Crippen molar-refractivity contribution in [3.8, 4) is 0 Å². The van der Waals surface area contributed by atoms with Gasteiger partial charge in [-0.25, -0.2) is 0 Å². The zero-order valence-electron chi connectivity index (χ0n) is 12.1. The topological polar surface area (TPSA) is 12.0 Å². The highest BCUT2D eigenvalue weighted by Gasteiger charge is 2.11. The van der Waals surface area contributed by atoms with E-state index in [1.54, 1.807) is 0 Å². The minimum atomic E-state index is 0.431. The average molecular weight is 253 g/mol. The summed E-state index contributed by atoms with van der Waals surface area (Å²) in [5, 5.41) is 3.45. The van der Waals surface area contributed by atoms with Gasteiger partial charge in [0.15, 0.2) is 0 Å². The Bertz CT molecular complexity index is 531. The first-order valence-electron chi connectivity index (χ1n) is 6.99. The second-order valence-electron chi connectivity index (χ2n) is 5.16. The lowest BCUT2D eigenvalue weighted by atomic mass is 9.94. The van der Waals surface area contributed by atoms with Gasteiger partial charge in [-0.05, 0) is 56.0 Å². The summed E-state index contributed by atoms with van der Waals surface area (Å²) in [6.07, 6.45) is 2.25. The molecular weight excluding hydrogens is 230 g/mol. The van der Waals surface area contributed by atoms with Crippen LogP contribution in [-0.2, 0) is 6.42 Å². The first kappa shape index (κ1) is 13.8. The third-order valence-corrected chi connectivity index (χ3v) is 3.88. The van der Waals surface area contributed by atoms with Crippen LogP contribution in [0.3, 0.4) is 0 Å². The van der Waals surface area contributed by atoms with E-state index in [9.17, 15) is 0 Å². The molecule has 2 rings (SSSR count). The summed E-state index contributed by atoms with van der Waals surface area (Å²) >= 11 is 0. The molecule has 2 aromatic rings. The molecule has 0 radical (unpaired) electrons. The summed E-state index contributed by atoms with van der Waals surface area (Å²) in [6.45, 7) is 4.38. The van der Waals surface area contributed by atoms with Crippen molar-refractivity contribution in [2.24, 2.45) is 0 Å². The molecular formula is C18H23N. The van der Waals surface area contributed by atoms with Crippen molar-refractivity contribution in [1.29, 1.82) is 0 Å². The van der Waals surface area contributed by atoms with Crippen molar-refractivity contribution in [1.82, 2.24) is 5.32 Å². The van der Waals surface area contributed by atoms with E-state index in [0.717, 1.165) is 12.8 Å². The molecule has 0 bridgehead atoms. The monoisotopic (exact) mass is 253 g/mol. The van der Waals surface area contributed by atoms with Gasteiger partial charge in [0.05, 0.1) is 0 Å². The Balaban J connectivity index is 2.09. The third-order valence-electron chi connectivity index (χ3n) is 3.88. The predicted octanol–water partition coefficient (Wildman–Crippen LogP) is 4.20. The summed E-state index contributed by atoms with van der Waals surface area (Å²) in [4.78, 5) is 0. The first-order valence-corrected chi connectivity index (χ1v) is 6.99. The molecule has 1 N–H and O–H groups in total. The molecule has 2 aromatic carbocycles. The molecule has 1 nitrogen and oxygen atoms in total. The van der Waals surface area contributed by atoms with Gasteiger partial charge in [0, 0.05) is 6.04 Å². The van der Waals surface area contributed by atoms with Gasteiger partial charge in [-0.3, -0.25) is 0 Å². The summed E-state index contributed by atoms with van der Waals surface area (Å²) in [7, 11) is 2.05. The predicted molar refractivity (Wildman–Crippen MR) is 82.5 cm³/mol. The highest BCUT2D eigenvalue weighted by atomic mass is 14.9. The van der Waals surface area contributed by atoms with Crippen LogP contribution in [0.15, 0.2) is 48.5 Å². The van der Waals surface area contributed by atoms with E-state index in [1.165, 1.54) is 22.3 Å². The van der Waals surface area contributed by atoms with Crippen LogP contribution in [0.2, 0.25) is 0 Å². The Labute approximate surface area is 116 Å². The van der Waals surface area contributed by atoms with Crippen molar-refractivity contribution in [2.75, 3.05) is 7.05 Å². The van der Waals surface area contributed by atoms with E-state index in [-0.39, 0.29) is 0 Å². The van der Waals surface area contributed by atoms with Gasteiger partial charge >= 0.3 is 0 Å². The highest BCUT2D eigenvalue weighted by molar-refractivity contribution is 5.30. The molecule has 0 amide bonds. The number of nitrogens with one attached hydrogen (secondary N) is 1. The quantitative estimate of drug-likeness (QED) is 0.842. The Morgan fingerprint density at radius 2 is 1.53 bits per heavy atom. The molecule has 0 fully saturated rings. The fraction of sp³-hybridized carbons (Fsp3) is 0.333. The SMILES string of the molecule is CNC(CCc1ccccc1C)c1ccccc1C. The van der Waals surface area contributed by atoms with Crippen molar-refractivity contribution in [3.05, 3.63) is 70.8 Å². The fourth-order valence-corrected chi connectivity index (χ4v) is 2.62. The van der Waals surface area contributed by atoms with Gasteiger partial charge in [0.25, 0.3) is 0 Å². The van der Waals surface area contributed by atoms with Crippen LogP contribution < -0.4 is 5.32 Å². The zero-order valence-corrected chi connectivity index (χ0v) is 12.1. The molecule has 0 saturated heterocycles. The molecule has 1 unspecified atom stereocenters. The molecule has 0 aliphatic heterocycles. The second kappa shape index (κ2) is 6.53. The Morgan fingerprint density at radius 3 is 2.16 bits per heavy atom. The minimum Gasteiger partial charge on any atom is -0.313 e. The summed E-state index contributed by atoms with van der Waals surface area (Å²) in [6, 6.07) is 17.7. The summed E-state index contributed by atoms with van der Waals surface area (Å²) in [5.41, 5.74) is 5.63. The fourth-order valence-electron chi connectivity index (χ4n) is 2.62. The molecule has 19 heavy (non-hydrogen) atoms. The van der Waals surface area contributed by atoms with Crippen LogP contribution >= 0.6 is 0 Å². The van der Waals surface area contributed by atoms with Crippen LogP contribution in [0.25, 0.3) is 0 Å². The van der Waals surface area contributed by atoms with E-state index in [4.69, 9.17) is 0 Å². The van der Waals surface area contributed by atoms with Crippen LogP contribution in [0.1, 0.15) is 34.7 Å². The normalized spacial score (nSPS) is 12.4. The number of aryl methyl sites for hydroxylation is 3. The summed E-state index contributed by atoms with van der Waals surface area (Å²) in [5.74, 6) is 0. The van der Waals surface area contributed by atoms with Crippen LogP contribution in [-0.4, -0.2) is 7.05 Å². The van der Waals surface area contributed by atoms with Gasteiger partial charge in [-0.15, -0.1) is 0 Å². The minimum absolute atomic E-state index is 0.431. The number of rotatable bonds is 5. The molecule has 0 aliphatic rings. The van der Waals surface area contributed by atoms with Crippen molar-refractivity contribution in [3.63, 3.8) is 0 Å². The third kappa shape index (κ3) is 3.45. The summed E-state index contributed by atoms with van der Waals surface area (Å²) < 4.78 is 0. The molecule has 0 heterocycles. The van der Waals surface area contributed by atoms with Crippen LogP contribution in [0.5, 0.6) is 0 Å². The largest absolute Gasteiger partial charge is 0.313 e. The van der Waals surface area contributed by atoms with Crippen LogP contribution in [0, 0.1) is 13.8 Å². The van der Waals surface area contributed by atoms with Crippen molar-refractivity contribution in [2.45, 2.75) is 32.7 Å². The maximum atomic E-state index is 3.45. The van der Waals surface area contributed by atoms with Crippen molar-refractivity contribution >= 4 is 0 Å². The molecule has 1 heteroatoms. The second-order valence-corrected chi connectivity index (χ2v) is 5.16. The van der Waals surface area contributed by atoms with Gasteiger partial charge in [0.1, 0.15) is 0 Å². The zero-order chi connectivity index (χ0) is 13.7. The Kier molecular flexibility index (Phi) is 4.75. The lowest BCUT2D eigenvalue weighted by Crippen LogP contribution is -2.18. The first-order chi connectivity index (χ1) is 9.22. The number of hydrogen-bond acceptors (Lipinski definition) is 1. The van der Waals surface area contributed by atoms with E-state index < -0.39 is 0 Å². The maximum Gasteiger partial charge on any atom is 0.0323 e. The molecule has 0 spiro atoms. The van der Waals surface area contributed by atoms with Gasteiger partial charge in [0.2, 0.25) is 0 Å². The lowest BCUT2D eigenvalue weighted by Gasteiger charge is -2.19. The van der Waals surface area contributed by atoms with E-state index in [0.29, 0.717) is 6.04 Å². The number of benzene rings is 2. The average Bonchev–Trinajstić information content (AvgIpc) is 2.43. The molecule has 0 aromatic heterocycles. The van der Waals surface area contributed by atoms with E-state index in [2.05, 4.69) is 74.7 Å². The van der Waals surface area contributed by atoms with E-state index >= 15 is 0 Å². The Morgan fingerprint density at radius 1 is 0.895 bits per heavy atom. The standard InChI is InChI=1S/C18H23N/c1-14-8-4-6-10-16(14)12-13-18(19-3)17-11-7-5-9-15(17)2/h4-11,18-19H,12-13H2,1-3H3. The molecule has 0 saturated carbocycles. The van der Waals surface area contributed by atoms with E-state index in [1.807, 2.05) is 0 Å². The molecule has 0 aliphatic carbocycles. The van der Waals surface area contributed by atoms with Crippen LogP contribution in [0.4, 0.5) is 0 Å². The maximum absolute atomic E-state index is 3.45. The molecule has 100 valence electrons. The highest BCUT2D eigenvalue weighted by Crippen LogP contribution is 2.22. The number of hydrogen-bond donors (Lipinski definition) is 1. The van der Waals surface area contributed by atoms with Gasteiger partial charge < -0.3 is 5.32 Å². The Hall–Kier alpha value is -1.60. The molecule has 1 atom stereocenters. The smallest absolute Gasteiger partial charge is 0.0323 e. The van der Waals surface area contributed by atoms with Gasteiger partial charge in [-0.1, -0.05) is 48.5 Å². The van der Waals surface area contributed by atoms with Crippen molar-refractivity contribution < 1.29 is 0 Å². The lowest BCUT2D eigenvalue weighted by molar-refractivity contribution is 0.546. The van der Waals surface area contributed by atoms with Gasteiger partial charge in [-0.2, -0.15) is 0 Å².